The number of carbonyl (C=O) groups excluding carboxylic acids is 3. The average molecular weight is 829 g/mol. The van der Waals surface area contributed by atoms with Crippen LogP contribution in [0.4, 0.5) is 30.5 Å². The molecule has 1 unspecified atom stereocenters. The topological polar surface area (TPSA) is 196 Å². The Labute approximate surface area is 335 Å². The van der Waals surface area contributed by atoms with Gasteiger partial charge in [-0.1, -0.05) is 29.5 Å². The summed E-state index contributed by atoms with van der Waals surface area (Å²) in [5.74, 6) is -5.32. The standard InChI is InChI=1S/C38H32ClF3N12O5/c1-19-6-7-32(34(56)43-19)52-18-24-23(35(52)57)4-3-5-29(24)44-33(55)8-9-51-16-22(47-49-51)17-54-37(58)46-36(45-31-11-21-14-50(2)48-30(21)12-25(31)39)53(38(54)59)15-20-10-27(41)28(42)13-26(20)40/h3-5,10-14,16,32H,1,6-9,15,17-18H2,2H3,(H,43,56)(H,44,55)(H,45,46,58). The molecular formula is C38H32ClF3N12O5. The van der Waals surface area contributed by atoms with Crippen molar-refractivity contribution in [1.29, 1.82) is 0 Å². The number of allylic oxidation sites excluding steroid dienone is 1. The number of piperidine rings is 1. The Hall–Kier alpha value is -7.09. The molecule has 2 aliphatic rings. The first-order valence-corrected chi connectivity index (χ1v) is 18.5. The molecule has 59 heavy (non-hydrogen) atoms. The molecule has 0 radical (unpaired) electrons. The highest BCUT2D eigenvalue weighted by atomic mass is 35.5. The molecule has 0 spiro atoms. The molecule has 302 valence electrons. The summed E-state index contributed by atoms with van der Waals surface area (Å²) in [4.78, 5) is 71.8. The van der Waals surface area contributed by atoms with Gasteiger partial charge in [-0.2, -0.15) is 10.1 Å². The first-order valence-electron chi connectivity index (χ1n) is 18.1. The van der Waals surface area contributed by atoms with Gasteiger partial charge < -0.3 is 20.9 Å². The lowest BCUT2D eigenvalue weighted by molar-refractivity contribution is -0.126. The van der Waals surface area contributed by atoms with Crippen LogP contribution in [0.1, 0.15) is 46.4 Å². The lowest BCUT2D eigenvalue weighted by Crippen LogP contribution is -2.49. The largest absolute Gasteiger partial charge is 0.355 e. The molecule has 0 aliphatic carbocycles. The van der Waals surface area contributed by atoms with Gasteiger partial charge in [0.2, 0.25) is 17.8 Å². The molecule has 3 N–H and O–H groups in total. The number of halogens is 4. The highest BCUT2D eigenvalue weighted by molar-refractivity contribution is 6.34. The van der Waals surface area contributed by atoms with Gasteiger partial charge >= 0.3 is 11.4 Å². The highest BCUT2D eigenvalue weighted by Gasteiger charge is 2.39. The number of amides is 3. The molecule has 6 aromatic rings. The zero-order valence-corrected chi connectivity index (χ0v) is 31.8. The molecule has 1 fully saturated rings. The average Bonchev–Trinajstić information content (AvgIpc) is 3.89. The smallest absolute Gasteiger partial charge is 0.329 e. The van der Waals surface area contributed by atoms with Gasteiger partial charge in [-0.05, 0) is 43.2 Å². The lowest BCUT2D eigenvalue weighted by atomic mass is 10.0. The Balaban J connectivity index is 0.990. The summed E-state index contributed by atoms with van der Waals surface area (Å²) in [7, 11) is 1.71. The van der Waals surface area contributed by atoms with Crippen molar-refractivity contribution >= 4 is 57.5 Å². The number of anilines is 3. The number of carbonyl (C=O) groups is 3. The molecular weight excluding hydrogens is 797 g/mol. The number of hydrogen-bond acceptors (Lipinski definition) is 10. The molecule has 1 saturated heterocycles. The number of benzene rings is 3. The number of fused-ring (bicyclic) bond motifs is 2. The Morgan fingerprint density at radius 1 is 1.00 bits per heavy atom. The fourth-order valence-corrected chi connectivity index (χ4v) is 7.24. The van der Waals surface area contributed by atoms with Crippen molar-refractivity contribution in [3.8, 4) is 0 Å². The zero-order valence-electron chi connectivity index (χ0n) is 31.0. The molecule has 3 aromatic heterocycles. The van der Waals surface area contributed by atoms with Gasteiger partial charge in [0.1, 0.15) is 17.6 Å². The van der Waals surface area contributed by atoms with Crippen molar-refractivity contribution in [2.45, 2.75) is 51.5 Å². The van der Waals surface area contributed by atoms with Crippen LogP contribution in [0.25, 0.3) is 10.9 Å². The van der Waals surface area contributed by atoms with Crippen molar-refractivity contribution in [1.82, 2.24) is 49.1 Å². The third kappa shape index (κ3) is 7.68. The van der Waals surface area contributed by atoms with Crippen molar-refractivity contribution in [3.05, 3.63) is 133 Å². The highest BCUT2D eigenvalue weighted by Crippen LogP contribution is 2.33. The Kier molecular flexibility index (Phi) is 10.1. The summed E-state index contributed by atoms with van der Waals surface area (Å²) < 4.78 is 47.3. The Morgan fingerprint density at radius 2 is 1.80 bits per heavy atom. The minimum absolute atomic E-state index is 0.0305. The van der Waals surface area contributed by atoms with Crippen LogP contribution in [0, 0.1) is 17.5 Å². The fraction of sp³-hybridized carbons (Fsp3) is 0.237. The van der Waals surface area contributed by atoms with E-state index in [2.05, 4.69) is 42.9 Å². The van der Waals surface area contributed by atoms with Gasteiger partial charge in [0.25, 0.3) is 5.91 Å². The predicted octanol–water partition coefficient (Wildman–Crippen LogP) is 3.57. The van der Waals surface area contributed by atoms with E-state index in [0.717, 1.165) is 4.57 Å². The molecule has 3 aromatic carbocycles. The van der Waals surface area contributed by atoms with Crippen molar-refractivity contribution in [3.63, 3.8) is 0 Å². The molecule has 1 atom stereocenters. The Morgan fingerprint density at radius 3 is 2.59 bits per heavy atom. The van der Waals surface area contributed by atoms with Gasteiger partial charge in [-0.3, -0.25) is 28.3 Å². The summed E-state index contributed by atoms with van der Waals surface area (Å²) in [5.41, 5.74) is 0.439. The normalized spacial score (nSPS) is 15.2. The molecule has 5 heterocycles. The summed E-state index contributed by atoms with van der Waals surface area (Å²) in [6, 6.07) is 8.37. The van der Waals surface area contributed by atoms with E-state index in [1.165, 1.54) is 15.8 Å². The van der Waals surface area contributed by atoms with E-state index in [1.807, 2.05) is 0 Å². The quantitative estimate of drug-likeness (QED) is 0.163. The lowest BCUT2D eigenvalue weighted by Gasteiger charge is -2.31. The van der Waals surface area contributed by atoms with Crippen LogP contribution in [-0.4, -0.2) is 67.6 Å². The number of hydrogen-bond donors (Lipinski definition) is 3. The number of rotatable bonds is 11. The second-order valence-electron chi connectivity index (χ2n) is 14.0. The third-order valence-electron chi connectivity index (χ3n) is 9.96. The summed E-state index contributed by atoms with van der Waals surface area (Å²) >= 11 is 6.48. The number of aryl methyl sites for hydroxylation is 2. The van der Waals surface area contributed by atoms with Gasteiger partial charge in [0, 0.05) is 65.7 Å². The minimum Gasteiger partial charge on any atom is -0.329 e. The number of aromatic nitrogens is 8. The van der Waals surface area contributed by atoms with E-state index < -0.39 is 59.4 Å². The summed E-state index contributed by atoms with van der Waals surface area (Å²) in [6.45, 7) is 2.83. The molecule has 8 rings (SSSR count). The van der Waals surface area contributed by atoms with Gasteiger partial charge in [0.15, 0.2) is 11.6 Å². The van der Waals surface area contributed by atoms with Crippen LogP contribution in [0.15, 0.2) is 76.7 Å². The molecule has 2 aliphatic heterocycles. The van der Waals surface area contributed by atoms with Gasteiger partial charge in [-0.25, -0.2) is 27.3 Å². The predicted molar refractivity (Wildman–Crippen MR) is 206 cm³/mol. The van der Waals surface area contributed by atoms with E-state index in [1.54, 1.807) is 48.3 Å². The molecule has 21 heteroatoms. The van der Waals surface area contributed by atoms with E-state index in [4.69, 9.17) is 11.6 Å². The SMILES string of the molecule is C=C1CCC(N2Cc3c(NC(=O)CCn4cc(Cn5c(=O)nc(Nc6cc7cn(C)nc7cc6Cl)n(Cc6cc(F)c(F)cc6F)c5=O)nn4)cccc3C2=O)C(=O)N1. The molecule has 3 amide bonds. The van der Waals surface area contributed by atoms with Crippen LogP contribution in [0.5, 0.6) is 0 Å². The zero-order chi connectivity index (χ0) is 41.7. The van der Waals surface area contributed by atoms with Crippen LogP contribution >= 0.6 is 11.6 Å². The second kappa shape index (κ2) is 15.3. The number of nitrogens with zero attached hydrogens (tertiary/aromatic N) is 9. The minimum atomic E-state index is -1.43. The monoisotopic (exact) mass is 828 g/mol. The maximum absolute atomic E-state index is 14.9. The first-order chi connectivity index (χ1) is 28.2. The Bertz CT molecular complexity index is 2870. The third-order valence-corrected chi connectivity index (χ3v) is 10.3. The van der Waals surface area contributed by atoms with Gasteiger partial charge in [-0.15, -0.1) is 5.10 Å². The molecule has 0 saturated carbocycles. The van der Waals surface area contributed by atoms with Crippen LogP contribution in [0.2, 0.25) is 5.02 Å². The van der Waals surface area contributed by atoms with Crippen molar-refractivity contribution in [2.24, 2.45) is 7.05 Å². The fourth-order valence-electron chi connectivity index (χ4n) is 7.04. The van der Waals surface area contributed by atoms with E-state index in [9.17, 15) is 37.1 Å². The molecule has 17 nitrogen and oxygen atoms in total. The maximum Gasteiger partial charge on any atom is 0.355 e. The van der Waals surface area contributed by atoms with Crippen molar-refractivity contribution in [2.75, 3.05) is 10.6 Å². The van der Waals surface area contributed by atoms with Crippen LogP contribution in [0.3, 0.4) is 0 Å². The summed E-state index contributed by atoms with van der Waals surface area (Å²) in [6.07, 6.45) is 4.01. The van der Waals surface area contributed by atoms with E-state index in [-0.39, 0.29) is 53.7 Å². The van der Waals surface area contributed by atoms with Crippen molar-refractivity contribution < 1.29 is 27.6 Å². The second-order valence-corrected chi connectivity index (χ2v) is 14.4. The van der Waals surface area contributed by atoms with Gasteiger partial charge in [0.05, 0.1) is 42.1 Å². The maximum atomic E-state index is 14.9. The first kappa shape index (κ1) is 38.8. The van der Waals surface area contributed by atoms with Crippen LogP contribution < -0.4 is 27.3 Å². The number of nitrogens with one attached hydrogen (secondary N) is 3. The van der Waals surface area contributed by atoms with Crippen LogP contribution in [-0.2, 0) is 42.8 Å². The summed E-state index contributed by atoms with van der Waals surface area (Å²) in [5, 5.41) is 21.5. The molecule has 0 bridgehead atoms. The van der Waals surface area contributed by atoms with E-state index >= 15 is 0 Å². The van der Waals surface area contributed by atoms with E-state index in [0.29, 0.717) is 63.0 Å².